The molecule has 0 bridgehead atoms. The minimum Gasteiger partial charge on any atom is -0.497 e. The van der Waals surface area contributed by atoms with Gasteiger partial charge in [-0.25, -0.2) is 4.68 Å². The molecule has 3 rings (SSSR count). The molecule has 3 aromatic rings. The Bertz CT molecular complexity index is 916. The first-order valence-electron chi connectivity index (χ1n) is 7.67. The van der Waals surface area contributed by atoms with Crippen molar-refractivity contribution in [1.82, 2.24) is 15.1 Å². The van der Waals surface area contributed by atoms with Crippen LogP contribution in [0.15, 0.2) is 64.0 Å². The lowest BCUT2D eigenvalue weighted by atomic mass is 10.2. The standard InChI is InChI=1S/C18H17N3O4/c1-24-14-5-2-4-13(10-14)11-19-17(22)12-21-18(23)8-7-15(20-21)16-6-3-9-25-16/h2-10H,11-12H2,1H3,(H,19,22). The number of ether oxygens (including phenoxy) is 1. The summed E-state index contributed by atoms with van der Waals surface area (Å²) in [7, 11) is 1.59. The lowest BCUT2D eigenvalue weighted by molar-refractivity contribution is -0.122. The van der Waals surface area contributed by atoms with Gasteiger partial charge in [0.05, 0.1) is 13.4 Å². The van der Waals surface area contributed by atoms with Crippen molar-refractivity contribution >= 4 is 5.91 Å². The van der Waals surface area contributed by atoms with E-state index in [0.29, 0.717) is 18.0 Å². The SMILES string of the molecule is COc1cccc(CNC(=O)Cn2nc(-c3ccco3)ccc2=O)c1. The molecule has 0 aliphatic heterocycles. The quantitative estimate of drug-likeness (QED) is 0.740. The number of hydrogen-bond donors (Lipinski definition) is 1. The van der Waals surface area contributed by atoms with Gasteiger partial charge in [0.15, 0.2) is 5.76 Å². The number of hydrogen-bond acceptors (Lipinski definition) is 5. The fraction of sp³-hybridized carbons (Fsp3) is 0.167. The molecule has 1 N–H and O–H groups in total. The fourth-order valence-electron chi connectivity index (χ4n) is 2.29. The summed E-state index contributed by atoms with van der Waals surface area (Å²) in [6.45, 7) is 0.167. The highest BCUT2D eigenvalue weighted by molar-refractivity contribution is 5.75. The first kappa shape index (κ1) is 16.5. The predicted octanol–water partition coefficient (Wildman–Crippen LogP) is 1.83. The minimum absolute atomic E-state index is 0.169. The molecular weight excluding hydrogens is 322 g/mol. The monoisotopic (exact) mass is 339 g/mol. The van der Waals surface area contributed by atoms with E-state index in [1.165, 1.54) is 12.3 Å². The van der Waals surface area contributed by atoms with Crippen LogP contribution >= 0.6 is 0 Å². The van der Waals surface area contributed by atoms with Gasteiger partial charge in [-0.1, -0.05) is 12.1 Å². The molecule has 0 radical (unpaired) electrons. The van der Waals surface area contributed by atoms with Gasteiger partial charge in [0, 0.05) is 12.6 Å². The third-order valence-electron chi connectivity index (χ3n) is 3.56. The van der Waals surface area contributed by atoms with E-state index in [9.17, 15) is 9.59 Å². The Labute approximate surface area is 143 Å². The Kier molecular flexibility index (Phi) is 4.94. The average molecular weight is 339 g/mol. The van der Waals surface area contributed by atoms with Crippen molar-refractivity contribution in [3.63, 3.8) is 0 Å². The molecule has 128 valence electrons. The Morgan fingerprint density at radius 1 is 1.24 bits per heavy atom. The number of rotatable bonds is 6. The molecule has 7 heteroatoms. The van der Waals surface area contributed by atoms with Gasteiger partial charge in [0.1, 0.15) is 18.0 Å². The summed E-state index contributed by atoms with van der Waals surface area (Å²) >= 11 is 0. The van der Waals surface area contributed by atoms with Crippen molar-refractivity contribution in [2.75, 3.05) is 7.11 Å². The van der Waals surface area contributed by atoms with E-state index < -0.39 is 0 Å². The maximum atomic E-state index is 12.1. The zero-order valence-corrected chi connectivity index (χ0v) is 13.6. The number of carbonyl (C=O) groups excluding carboxylic acids is 1. The molecular formula is C18H17N3O4. The number of nitrogens with zero attached hydrogens (tertiary/aromatic N) is 2. The highest BCUT2D eigenvalue weighted by atomic mass is 16.5. The number of amides is 1. The normalized spacial score (nSPS) is 10.4. The molecule has 1 amide bonds. The van der Waals surface area contributed by atoms with Crippen molar-refractivity contribution < 1.29 is 13.9 Å². The van der Waals surface area contributed by atoms with E-state index >= 15 is 0 Å². The smallest absolute Gasteiger partial charge is 0.267 e. The van der Waals surface area contributed by atoms with Gasteiger partial charge < -0.3 is 14.5 Å². The largest absolute Gasteiger partial charge is 0.497 e. The minimum atomic E-state index is -0.355. The highest BCUT2D eigenvalue weighted by Crippen LogP contribution is 2.15. The molecule has 0 fully saturated rings. The van der Waals surface area contributed by atoms with Crippen LogP contribution < -0.4 is 15.6 Å². The molecule has 0 atom stereocenters. The molecule has 7 nitrogen and oxygen atoms in total. The van der Waals surface area contributed by atoms with Gasteiger partial charge in [0.2, 0.25) is 5.91 Å². The molecule has 0 unspecified atom stereocenters. The van der Waals surface area contributed by atoms with E-state index in [0.717, 1.165) is 16.0 Å². The summed E-state index contributed by atoms with van der Waals surface area (Å²) in [6, 6.07) is 13.8. The lowest BCUT2D eigenvalue weighted by Crippen LogP contribution is -2.33. The van der Waals surface area contributed by atoms with E-state index in [1.54, 1.807) is 25.3 Å². The second-order valence-electron chi connectivity index (χ2n) is 5.32. The Balaban J connectivity index is 1.66. The maximum Gasteiger partial charge on any atom is 0.267 e. The van der Waals surface area contributed by atoms with Gasteiger partial charge in [-0.2, -0.15) is 5.10 Å². The second-order valence-corrected chi connectivity index (χ2v) is 5.32. The van der Waals surface area contributed by atoms with Gasteiger partial charge in [-0.3, -0.25) is 9.59 Å². The number of nitrogens with one attached hydrogen (secondary N) is 1. The Morgan fingerprint density at radius 3 is 2.88 bits per heavy atom. The van der Waals surface area contributed by atoms with Crippen molar-refractivity contribution in [2.45, 2.75) is 13.1 Å². The molecule has 0 aliphatic carbocycles. The topological polar surface area (TPSA) is 86.4 Å². The van der Waals surface area contributed by atoms with Crippen LogP contribution in [0.4, 0.5) is 0 Å². The Morgan fingerprint density at radius 2 is 2.12 bits per heavy atom. The Hall–Kier alpha value is -3.35. The summed E-state index contributed by atoms with van der Waals surface area (Å²) in [4.78, 5) is 24.0. The molecule has 0 saturated carbocycles. The highest BCUT2D eigenvalue weighted by Gasteiger charge is 2.09. The van der Waals surface area contributed by atoms with Gasteiger partial charge >= 0.3 is 0 Å². The molecule has 2 heterocycles. The first-order chi connectivity index (χ1) is 12.2. The van der Waals surface area contributed by atoms with Crippen molar-refractivity contribution in [3.05, 3.63) is 70.7 Å². The first-order valence-corrected chi connectivity index (χ1v) is 7.67. The molecule has 2 aromatic heterocycles. The van der Waals surface area contributed by atoms with Crippen molar-refractivity contribution in [1.29, 1.82) is 0 Å². The third-order valence-corrected chi connectivity index (χ3v) is 3.56. The molecule has 0 spiro atoms. The summed E-state index contributed by atoms with van der Waals surface area (Å²) in [6.07, 6.45) is 1.52. The summed E-state index contributed by atoms with van der Waals surface area (Å²) in [5, 5.41) is 6.93. The molecule has 0 aliphatic rings. The predicted molar refractivity (Wildman–Crippen MR) is 91.0 cm³/mol. The van der Waals surface area contributed by atoms with Crippen LogP contribution in [0.3, 0.4) is 0 Å². The van der Waals surface area contributed by atoms with Crippen molar-refractivity contribution in [2.24, 2.45) is 0 Å². The van der Waals surface area contributed by atoms with E-state index in [4.69, 9.17) is 9.15 Å². The number of aromatic nitrogens is 2. The van der Waals surface area contributed by atoms with Crippen molar-refractivity contribution in [3.8, 4) is 17.2 Å². The number of methoxy groups -OCH3 is 1. The van der Waals surface area contributed by atoms with E-state index in [2.05, 4.69) is 10.4 Å². The summed E-state index contributed by atoms with van der Waals surface area (Å²) in [5.74, 6) is 0.940. The maximum absolute atomic E-state index is 12.1. The van der Waals surface area contributed by atoms with Gasteiger partial charge in [0.25, 0.3) is 5.56 Å². The molecule has 1 aromatic carbocycles. The summed E-state index contributed by atoms with van der Waals surface area (Å²) < 4.78 is 11.5. The van der Waals surface area contributed by atoms with Crippen LogP contribution in [-0.4, -0.2) is 22.8 Å². The molecule has 0 saturated heterocycles. The zero-order valence-electron chi connectivity index (χ0n) is 13.6. The van der Waals surface area contributed by atoms with E-state index in [1.807, 2.05) is 24.3 Å². The lowest BCUT2D eigenvalue weighted by Gasteiger charge is -2.08. The summed E-state index contributed by atoms with van der Waals surface area (Å²) in [5.41, 5.74) is 1.04. The van der Waals surface area contributed by atoms with E-state index in [-0.39, 0.29) is 18.0 Å². The van der Waals surface area contributed by atoms with Crippen LogP contribution in [0.1, 0.15) is 5.56 Å². The van der Waals surface area contributed by atoms with Crippen LogP contribution in [-0.2, 0) is 17.9 Å². The van der Waals surface area contributed by atoms with Crippen LogP contribution in [0.25, 0.3) is 11.5 Å². The molecule has 25 heavy (non-hydrogen) atoms. The van der Waals surface area contributed by atoms with Gasteiger partial charge in [-0.05, 0) is 35.9 Å². The van der Waals surface area contributed by atoms with Gasteiger partial charge in [-0.15, -0.1) is 0 Å². The van der Waals surface area contributed by atoms with Crippen LogP contribution in [0, 0.1) is 0 Å². The number of carbonyl (C=O) groups is 1. The fourth-order valence-corrected chi connectivity index (χ4v) is 2.29. The third kappa shape index (κ3) is 4.14. The average Bonchev–Trinajstić information content (AvgIpc) is 3.17. The van der Waals surface area contributed by atoms with Crippen LogP contribution in [0.2, 0.25) is 0 Å². The number of furan rings is 1. The second kappa shape index (κ2) is 7.48. The van der Waals surface area contributed by atoms with Crippen LogP contribution in [0.5, 0.6) is 5.75 Å². The number of benzene rings is 1. The zero-order chi connectivity index (χ0) is 17.6.